The normalized spacial score (nSPS) is 18.6. The molecule has 0 spiro atoms. The molecule has 0 aliphatic heterocycles. The Morgan fingerprint density at radius 1 is 1.21 bits per heavy atom. The Morgan fingerprint density at radius 3 is 2.63 bits per heavy atom. The molecule has 19 heavy (non-hydrogen) atoms. The van der Waals surface area contributed by atoms with E-state index in [9.17, 15) is 13.2 Å². The van der Waals surface area contributed by atoms with Crippen LogP contribution in [0.4, 0.5) is 13.2 Å². The van der Waals surface area contributed by atoms with Gasteiger partial charge in [-0.2, -0.15) is 13.2 Å². The number of alkyl halides is 3. The molecule has 0 unspecified atom stereocenters. The van der Waals surface area contributed by atoms with Gasteiger partial charge in [0, 0.05) is 11.1 Å². The molecule has 1 N–H and O–H groups in total. The number of hydrogen-bond acceptors (Lipinski definition) is 0. The first-order valence-corrected chi connectivity index (χ1v) is 6.48. The smallest absolute Gasteiger partial charge is 0.358 e. The van der Waals surface area contributed by atoms with Crippen molar-refractivity contribution in [3.8, 4) is 0 Å². The maximum Gasteiger partial charge on any atom is 0.418 e. The highest BCUT2D eigenvalue weighted by atomic mass is 19.4. The molecule has 1 aromatic carbocycles. The van der Waals surface area contributed by atoms with Crippen molar-refractivity contribution in [1.82, 2.24) is 4.98 Å². The molecule has 0 amide bonds. The molecule has 0 saturated heterocycles. The third-order valence-electron chi connectivity index (χ3n) is 4.04. The molecule has 0 bridgehead atoms. The number of aryl methyl sites for hydroxylation is 1. The zero-order chi connectivity index (χ0) is 13.8. The quantitative estimate of drug-likeness (QED) is 0.712. The molecule has 0 fully saturated rings. The van der Waals surface area contributed by atoms with Crippen LogP contribution in [0.2, 0.25) is 0 Å². The molecule has 2 aromatic rings. The van der Waals surface area contributed by atoms with Crippen LogP contribution >= 0.6 is 0 Å². The molecule has 102 valence electrons. The summed E-state index contributed by atoms with van der Waals surface area (Å²) < 4.78 is 39.0. The molecule has 1 aromatic heterocycles. The van der Waals surface area contributed by atoms with Crippen LogP contribution in [0.1, 0.15) is 37.1 Å². The van der Waals surface area contributed by atoms with E-state index in [0.717, 1.165) is 42.0 Å². The minimum Gasteiger partial charge on any atom is -0.358 e. The van der Waals surface area contributed by atoms with Crippen LogP contribution in [0.3, 0.4) is 0 Å². The van der Waals surface area contributed by atoms with Crippen LogP contribution in [0.5, 0.6) is 0 Å². The minimum atomic E-state index is -4.30. The molecule has 1 heterocycles. The molecule has 1 aliphatic carbocycles. The number of rotatable bonds is 0. The molecule has 3 rings (SSSR count). The summed E-state index contributed by atoms with van der Waals surface area (Å²) >= 11 is 0. The average molecular weight is 267 g/mol. The van der Waals surface area contributed by atoms with Crippen molar-refractivity contribution < 1.29 is 13.2 Å². The Labute approximate surface area is 109 Å². The summed E-state index contributed by atoms with van der Waals surface area (Å²) in [6.07, 6.45) is -1.63. The second-order valence-electron chi connectivity index (χ2n) is 6.15. The number of fused-ring (bicyclic) bond motifs is 3. The standard InChI is InChI=1S/C15H16F3N/c1-14(2)7-6-12-10(8-14)9-4-3-5-11(13(9)19-12)15(16,17)18/h3-5,19H,6-8H2,1-2H3. The number of para-hydroxylation sites is 1. The van der Waals surface area contributed by atoms with Crippen molar-refractivity contribution in [3.05, 3.63) is 35.0 Å². The van der Waals surface area contributed by atoms with E-state index in [1.807, 2.05) is 0 Å². The lowest BCUT2D eigenvalue weighted by Crippen LogP contribution is -2.21. The average Bonchev–Trinajstić information content (AvgIpc) is 2.64. The summed E-state index contributed by atoms with van der Waals surface area (Å²) in [5, 5.41) is 0.734. The van der Waals surface area contributed by atoms with Crippen LogP contribution < -0.4 is 0 Å². The highest BCUT2D eigenvalue weighted by Crippen LogP contribution is 2.41. The third-order valence-corrected chi connectivity index (χ3v) is 4.04. The van der Waals surface area contributed by atoms with Gasteiger partial charge in [-0.1, -0.05) is 26.0 Å². The fourth-order valence-corrected chi connectivity index (χ4v) is 3.01. The Bertz CT molecular complexity index is 635. The Kier molecular flexibility index (Phi) is 2.50. The van der Waals surface area contributed by atoms with Crippen molar-refractivity contribution in [2.75, 3.05) is 0 Å². The maximum absolute atomic E-state index is 13.0. The Morgan fingerprint density at radius 2 is 1.95 bits per heavy atom. The van der Waals surface area contributed by atoms with E-state index < -0.39 is 11.7 Å². The summed E-state index contributed by atoms with van der Waals surface area (Å²) in [5.41, 5.74) is 1.90. The van der Waals surface area contributed by atoms with Gasteiger partial charge in [0.15, 0.2) is 0 Å². The third kappa shape index (κ3) is 2.03. The SMILES string of the molecule is CC1(C)CCc2[nH]c3c(C(F)(F)F)cccc3c2C1. The van der Waals surface area contributed by atoms with Gasteiger partial charge >= 0.3 is 6.18 Å². The van der Waals surface area contributed by atoms with Crippen molar-refractivity contribution in [3.63, 3.8) is 0 Å². The van der Waals surface area contributed by atoms with E-state index in [-0.39, 0.29) is 10.9 Å². The van der Waals surface area contributed by atoms with Crippen molar-refractivity contribution in [2.24, 2.45) is 5.41 Å². The van der Waals surface area contributed by atoms with Gasteiger partial charge in [0.05, 0.1) is 11.1 Å². The Hall–Kier alpha value is -1.45. The Balaban J connectivity index is 2.24. The molecule has 0 radical (unpaired) electrons. The fourth-order valence-electron chi connectivity index (χ4n) is 3.01. The summed E-state index contributed by atoms with van der Waals surface area (Å²) in [6, 6.07) is 4.44. The van der Waals surface area contributed by atoms with Gasteiger partial charge < -0.3 is 4.98 Å². The topological polar surface area (TPSA) is 15.8 Å². The van der Waals surface area contributed by atoms with Crippen molar-refractivity contribution in [1.29, 1.82) is 0 Å². The first kappa shape index (κ1) is 12.6. The summed E-state index contributed by atoms with van der Waals surface area (Å²) in [4.78, 5) is 3.01. The predicted molar refractivity (Wildman–Crippen MR) is 69.1 cm³/mol. The van der Waals surface area contributed by atoms with Gasteiger partial charge in [-0.25, -0.2) is 0 Å². The van der Waals surface area contributed by atoms with Gasteiger partial charge in [-0.15, -0.1) is 0 Å². The summed E-state index contributed by atoms with van der Waals surface area (Å²) in [5.74, 6) is 0. The van der Waals surface area contributed by atoms with E-state index >= 15 is 0 Å². The molecular weight excluding hydrogens is 251 g/mol. The van der Waals surface area contributed by atoms with Crippen LogP contribution in [-0.2, 0) is 19.0 Å². The highest BCUT2D eigenvalue weighted by Gasteiger charge is 2.35. The van der Waals surface area contributed by atoms with Gasteiger partial charge in [-0.05, 0) is 36.3 Å². The zero-order valence-corrected chi connectivity index (χ0v) is 11.0. The van der Waals surface area contributed by atoms with Crippen molar-refractivity contribution in [2.45, 2.75) is 39.3 Å². The van der Waals surface area contributed by atoms with E-state index in [1.54, 1.807) is 6.07 Å². The molecule has 1 aliphatic rings. The lowest BCUT2D eigenvalue weighted by molar-refractivity contribution is -0.136. The van der Waals surface area contributed by atoms with Gasteiger partial charge in [0.25, 0.3) is 0 Å². The number of H-pyrrole nitrogens is 1. The molecular formula is C15H16F3N. The number of hydrogen-bond donors (Lipinski definition) is 1. The molecule has 4 heteroatoms. The second-order valence-corrected chi connectivity index (χ2v) is 6.15. The van der Waals surface area contributed by atoms with E-state index in [4.69, 9.17) is 0 Å². The minimum absolute atomic E-state index is 0.163. The monoisotopic (exact) mass is 267 g/mol. The van der Waals surface area contributed by atoms with Crippen LogP contribution in [0.15, 0.2) is 18.2 Å². The number of aromatic amines is 1. The highest BCUT2D eigenvalue weighted by molar-refractivity contribution is 5.88. The summed E-state index contributed by atoms with van der Waals surface area (Å²) in [6.45, 7) is 4.34. The molecule has 0 atom stereocenters. The van der Waals surface area contributed by atoms with E-state index in [2.05, 4.69) is 18.8 Å². The first-order valence-electron chi connectivity index (χ1n) is 6.48. The number of aromatic nitrogens is 1. The van der Waals surface area contributed by atoms with Crippen LogP contribution in [0, 0.1) is 5.41 Å². The number of nitrogens with one attached hydrogen (secondary N) is 1. The molecule has 1 nitrogen and oxygen atoms in total. The number of halogens is 3. The fraction of sp³-hybridized carbons (Fsp3) is 0.467. The largest absolute Gasteiger partial charge is 0.418 e. The van der Waals surface area contributed by atoms with Gasteiger partial charge in [0.1, 0.15) is 0 Å². The van der Waals surface area contributed by atoms with Crippen LogP contribution in [0.25, 0.3) is 10.9 Å². The van der Waals surface area contributed by atoms with Crippen LogP contribution in [-0.4, -0.2) is 4.98 Å². The zero-order valence-electron chi connectivity index (χ0n) is 11.0. The second kappa shape index (κ2) is 3.78. The van der Waals surface area contributed by atoms with E-state index in [1.165, 1.54) is 6.07 Å². The lowest BCUT2D eigenvalue weighted by Gasteiger charge is -2.29. The van der Waals surface area contributed by atoms with Crippen molar-refractivity contribution >= 4 is 10.9 Å². The lowest BCUT2D eigenvalue weighted by atomic mass is 9.76. The first-order chi connectivity index (χ1) is 8.78. The molecule has 0 saturated carbocycles. The number of benzene rings is 1. The van der Waals surface area contributed by atoms with E-state index in [0.29, 0.717) is 0 Å². The predicted octanol–water partition coefficient (Wildman–Crippen LogP) is 4.70. The van der Waals surface area contributed by atoms with Gasteiger partial charge in [0.2, 0.25) is 0 Å². The van der Waals surface area contributed by atoms with Gasteiger partial charge in [-0.3, -0.25) is 0 Å². The summed E-state index contributed by atoms with van der Waals surface area (Å²) in [7, 11) is 0. The maximum atomic E-state index is 13.0.